The van der Waals surface area contributed by atoms with Gasteiger partial charge < -0.3 is 10.2 Å². The molecule has 1 unspecified atom stereocenters. The number of amides is 1. The number of sulfonamides is 1. The number of hydrogen-bond acceptors (Lipinski definition) is 6. The van der Waals surface area contributed by atoms with E-state index in [0.717, 1.165) is 12.1 Å². The summed E-state index contributed by atoms with van der Waals surface area (Å²) in [7, 11) is -0.166. The number of nitrogens with zero attached hydrogens (tertiary/aromatic N) is 4. The Morgan fingerprint density at radius 1 is 1.27 bits per heavy atom. The molecule has 1 aliphatic heterocycles. The van der Waals surface area contributed by atoms with Crippen molar-refractivity contribution in [3.8, 4) is 0 Å². The topological polar surface area (TPSA) is 95.5 Å². The molecule has 1 aromatic carbocycles. The van der Waals surface area contributed by atoms with Crippen molar-refractivity contribution >= 4 is 21.9 Å². The predicted octanol–water partition coefficient (Wildman–Crippen LogP) is 2.00. The van der Waals surface area contributed by atoms with E-state index in [4.69, 9.17) is 0 Å². The van der Waals surface area contributed by atoms with Crippen LogP contribution in [0.25, 0.3) is 0 Å². The molecule has 0 spiro atoms. The molecule has 162 valence electrons. The van der Waals surface area contributed by atoms with Crippen molar-refractivity contribution in [3.05, 3.63) is 47.5 Å². The maximum atomic E-state index is 13.2. The Morgan fingerprint density at radius 3 is 2.53 bits per heavy atom. The smallest absolute Gasteiger partial charge is 0.254 e. The molecule has 0 aliphatic carbocycles. The minimum atomic E-state index is -3.76. The van der Waals surface area contributed by atoms with Crippen LogP contribution >= 0.6 is 0 Å². The molecule has 30 heavy (non-hydrogen) atoms. The van der Waals surface area contributed by atoms with Crippen LogP contribution in [0.2, 0.25) is 0 Å². The Hall–Kier alpha value is -2.59. The lowest BCUT2D eigenvalue weighted by Crippen LogP contribution is -2.32. The zero-order chi connectivity index (χ0) is 22.1. The van der Waals surface area contributed by atoms with Crippen molar-refractivity contribution in [3.63, 3.8) is 0 Å². The fourth-order valence-corrected chi connectivity index (χ4v) is 4.85. The molecule has 1 amide bonds. The second kappa shape index (κ2) is 8.65. The summed E-state index contributed by atoms with van der Waals surface area (Å²) in [5.74, 6) is -0.586. The van der Waals surface area contributed by atoms with Crippen LogP contribution in [0.15, 0.2) is 35.4 Å². The maximum absolute atomic E-state index is 13.2. The number of aromatic nitrogens is 2. The number of carbonyl (C=O) groups excluding carboxylic acids is 1. The molecule has 2 aromatic rings. The highest BCUT2D eigenvalue weighted by atomic mass is 32.2. The molecule has 1 aliphatic rings. The second-order valence-electron chi connectivity index (χ2n) is 7.79. The van der Waals surface area contributed by atoms with Crippen molar-refractivity contribution in [1.82, 2.24) is 19.6 Å². The van der Waals surface area contributed by atoms with Gasteiger partial charge in [-0.3, -0.25) is 4.79 Å². The number of rotatable bonds is 6. The van der Waals surface area contributed by atoms with Gasteiger partial charge in [0, 0.05) is 45.3 Å². The summed E-state index contributed by atoms with van der Waals surface area (Å²) < 4.78 is 40.4. The standard InChI is InChI=1S/C20H26FN5O3S/c1-13(2)23-19(27)17-11-22-20(25(3)4)24-18(17)14-9-10-26(12-14)30(28,29)16-7-5-15(21)6-8-16/h5-8,11,13-14H,9-10,12H2,1-4H3,(H,23,27). The lowest BCUT2D eigenvalue weighted by atomic mass is 9.99. The van der Waals surface area contributed by atoms with Gasteiger partial charge in [0.1, 0.15) is 5.82 Å². The summed E-state index contributed by atoms with van der Waals surface area (Å²) in [6.07, 6.45) is 2.01. The lowest BCUT2D eigenvalue weighted by molar-refractivity contribution is 0.0941. The van der Waals surface area contributed by atoms with Gasteiger partial charge in [-0.15, -0.1) is 0 Å². The summed E-state index contributed by atoms with van der Waals surface area (Å²) in [4.78, 5) is 23.3. The third-order valence-corrected chi connectivity index (χ3v) is 6.74. The van der Waals surface area contributed by atoms with Gasteiger partial charge in [-0.05, 0) is 44.5 Å². The van der Waals surface area contributed by atoms with Crippen molar-refractivity contribution < 1.29 is 17.6 Å². The number of carbonyl (C=O) groups is 1. The number of hydrogen-bond donors (Lipinski definition) is 1. The number of anilines is 1. The van der Waals surface area contributed by atoms with Crippen molar-refractivity contribution in [2.24, 2.45) is 0 Å². The molecule has 1 saturated heterocycles. The monoisotopic (exact) mass is 435 g/mol. The van der Waals surface area contributed by atoms with E-state index in [2.05, 4.69) is 15.3 Å². The van der Waals surface area contributed by atoms with Crippen LogP contribution in [0, 0.1) is 5.82 Å². The first-order valence-corrected chi connectivity index (χ1v) is 11.1. The highest BCUT2D eigenvalue weighted by Gasteiger charge is 2.36. The van der Waals surface area contributed by atoms with Gasteiger partial charge in [-0.25, -0.2) is 22.8 Å². The summed E-state index contributed by atoms with van der Waals surface area (Å²) >= 11 is 0. The molecule has 10 heteroatoms. The Morgan fingerprint density at radius 2 is 1.93 bits per heavy atom. The fourth-order valence-electron chi connectivity index (χ4n) is 3.35. The summed E-state index contributed by atoms with van der Waals surface area (Å²) in [5.41, 5.74) is 0.879. The average molecular weight is 436 g/mol. The fraction of sp³-hybridized carbons (Fsp3) is 0.450. The molecule has 1 fully saturated rings. The zero-order valence-electron chi connectivity index (χ0n) is 17.5. The molecule has 2 heterocycles. The normalized spacial score (nSPS) is 17.3. The molecule has 0 radical (unpaired) electrons. The molecule has 0 bridgehead atoms. The largest absolute Gasteiger partial charge is 0.350 e. The molecule has 3 rings (SSSR count). The predicted molar refractivity (Wildman–Crippen MR) is 111 cm³/mol. The quantitative estimate of drug-likeness (QED) is 0.746. The molecular weight excluding hydrogens is 409 g/mol. The highest BCUT2D eigenvalue weighted by Crippen LogP contribution is 2.32. The van der Waals surface area contributed by atoms with Crippen LogP contribution in [-0.2, 0) is 10.0 Å². The van der Waals surface area contributed by atoms with Crippen LogP contribution in [0.5, 0.6) is 0 Å². The minimum Gasteiger partial charge on any atom is -0.350 e. The minimum absolute atomic E-state index is 0.0407. The molecule has 1 N–H and O–H groups in total. The highest BCUT2D eigenvalue weighted by molar-refractivity contribution is 7.89. The van der Waals surface area contributed by atoms with Crippen molar-refractivity contribution in [2.75, 3.05) is 32.1 Å². The number of benzene rings is 1. The van der Waals surface area contributed by atoms with Gasteiger partial charge in [-0.2, -0.15) is 4.31 Å². The van der Waals surface area contributed by atoms with E-state index in [0.29, 0.717) is 23.6 Å². The third kappa shape index (κ3) is 4.59. The van der Waals surface area contributed by atoms with Crippen LogP contribution in [0.3, 0.4) is 0 Å². The van der Waals surface area contributed by atoms with Gasteiger partial charge in [0.15, 0.2) is 0 Å². The second-order valence-corrected chi connectivity index (χ2v) is 9.73. The van der Waals surface area contributed by atoms with Gasteiger partial charge in [0.05, 0.1) is 16.2 Å². The van der Waals surface area contributed by atoms with Gasteiger partial charge in [-0.1, -0.05) is 0 Å². The van der Waals surface area contributed by atoms with E-state index in [9.17, 15) is 17.6 Å². The van der Waals surface area contributed by atoms with Gasteiger partial charge in [0.25, 0.3) is 5.91 Å². The van der Waals surface area contributed by atoms with Crippen LogP contribution < -0.4 is 10.2 Å². The molecule has 1 atom stereocenters. The van der Waals surface area contributed by atoms with Crippen molar-refractivity contribution in [1.29, 1.82) is 0 Å². The van der Waals surface area contributed by atoms with E-state index in [1.54, 1.807) is 19.0 Å². The van der Waals surface area contributed by atoms with E-state index in [1.807, 2.05) is 13.8 Å². The average Bonchev–Trinajstić information content (AvgIpc) is 3.18. The Balaban J connectivity index is 1.91. The Labute approximate surface area is 176 Å². The van der Waals surface area contributed by atoms with Gasteiger partial charge >= 0.3 is 0 Å². The maximum Gasteiger partial charge on any atom is 0.254 e. The summed E-state index contributed by atoms with van der Waals surface area (Å²) in [6.45, 7) is 4.20. The Kier molecular flexibility index (Phi) is 6.37. The molecule has 8 nitrogen and oxygen atoms in total. The first kappa shape index (κ1) is 22.1. The van der Waals surface area contributed by atoms with E-state index < -0.39 is 15.8 Å². The summed E-state index contributed by atoms with van der Waals surface area (Å²) in [5, 5.41) is 2.84. The number of nitrogens with one attached hydrogen (secondary N) is 1. The summed E-state index contributed by atoms with van der Waals surface area (Å²) in [6, 6.07) is 4.71. The van der Waals surface area contributed by atoms with Crippen LogP contribution in [-0.4, -0.2) is 61.8 Å². The van der Waals surface area contributed by atoms with Crippen LogP contribution in [0.1, 0.15) is 42.2 Å². The van der Waals surface area contributed by atoms with Gasteiger partial charge in [0.2, 0.25) is 16.0 Å². The third-order valence-electron chi connectivity index (χ3n) is 4.86. The van der Waals surface area contributed by atoms with E-state index >= 15 is 0 Å². The van der Waals surface area contributed by atoms with Crippen LogP contribution in [0.4, 0.5) is 10.3 Å². The van der Waals surface area contributed by atoms with E-state index in [-0.39, 0.29) is 35.9 Å². The SMILES string of the molecule is CC(C)NC(=O)c1cnc(N(C)C)nc1C1CCN(S(=O)(=O)c2ccc(F)cc2)C1. The Bertz CT molecular complexity index is 1030. The molecule has 1 aromatic heterocycles. The molecular formula is C20H26FN5O3S. The lowest BCUT2D eigenvalue weighted by Gasteiger charge is -2.19. The number of halogens is 1. The van der Waals surface area contributed by atoms with E-state index in [1.165, 1.54) is 22.6 Å². The van der Waals surface area contributed by atoms with Crippen molar-refractivity contribution in [2.45, 2.75) is 37.1 Å². The first-order valence-electron chi connectivity index (χ1n) is 9.70. The molecule has 0 saturated carbocycles. The zero-order valence-corrected chi connectivity index (χ0v) is 18.3. The first-order chi connectivity index (χ1) is 14.1.